The summed E-state index contributed by atoms with van der Waals surface area (Å²) in [5, 5.41) is 24.1. The molecule has 29 heavy (non-hydrogen) atoms. The predicted octanol–water partition coefficient (Wildman–Crippen LogP) is 2.75. The fraction of sp³-hybridized carbons (Fsp3) is 0.565. The largest absolute Gasteiger partial charge is 0.493 e. The average Bonchev–Trinajstić information content (AvgIpc) is 2.66. The first-order chi connectivity index (χ1) is 13.7. The van der Waals surface area contributed by atoms with E-state index in [-0.39, 0.29) is 6.61 Å². The van der Waals surface area contributed by atoms with Crippen molar-refractivity contribution in [2.45, 2.75) is 51.0 Å². The van der Waals surface area contributed by atoms with Gasteiger partial charge in [0.15, 0.2) is 11.5 Å². The fourth-order valence-electron chi connectivity index (χ4n) is 2.93. The lowest BCUT2D eigenvalue weighted by atomic mass is 9.95. The normalized spacial score (nSPS) is 12.8. The summed E-state index contributed by atoms with van der Waals surface area (Å²) in [7, 11) is 3.56. The maximum Gasteiger partial charge on any atom is 0.161 e. The van der Waals surface area contributed by atoms with Crippen molar-refractivity contribution in [1.29, 1.82) is 0 Å². The van der Waals surface area contributed by atoms with Crippen LogP contribution in [0.4, 0.5) is 0 Å². The van der Waals surface area contributed by atoms with Crippen molar-refractivity contribution < 1.29 is 19.7 Å². The van der Waals surface area contributed by atoms with E-state index in [2.05, 4.69) is 37.2 Å². The van der Waals surface area contributed by atoms with E-state index in [0.29, 0.717) is 50.0 Å². The van der Waals surface area contributed by atoms with Gasteiger partial charge in [0.25, 0.3) is 0 Å². The third-order valence-electron chi connectivity index (χ3n) is 4.87. The van der Waals surface area contributed by atoms with Gasteiger partial charge in [-0.2, -0.15) is 0 Å². The molecule has 3 N–H and O–H groups in total. The Hall–Kier alpha value is -1.86. The van der Waals surface area contributed by atoms with Crippen LogP contribution in [0.3, 0.4) is 0 Å². The molecule has 1 atom stereocenters. The zero-order valence-corrected chi connectivity index (χ0v) is 18.4. The van der Waals surface area contributed by atoms with Gasteiger partial charge >= 0.3 is 0 Å². The molecule has 6 heteroatoms. The number of likely N-dealkylation sites (N-methyl/N-ethyl adjacent to an activating group) is 1. The van der Waals surface area contributed by atoms with Crippen LogP contribution in [0.25, 0.3) is 0 Å². The molecule has 1 unspecified atom stereocenters. The summed E-state index contributed by atoms with van der Waals surface area (Å²) in [5.74, 6) is 1.21. The summed E-state index contributed by atoms with van der Waals surface area (Å²) in [5.41, 5.74) is 0.108. The Labute approximate surface area is 175 Å². The number of benzene rings is 1. The smallest absolute Gasteiger partial charge is 0.161 e. The zero-order chi connectivity index (χ0) is 21.9. The molecule has 0 amide bonds. The molecule has 0 radical (unpaired) electrons. The van der Waals surface area contributed by atoms with E-state index in [1.54, 1.807) is 19.3 Å². The lowest BCUT2D eigenvalue weighted by molar-refractivity contribution is 0.0460. The number of ether oxygens (including phenoxy) is 2. The Kier molecular flexibility index (Phi) is 11.0. The van der Waals surface area contributed by atoms with Gasteiger partial charge < -0.3 is 29.9 Å². The lowest BCUT2D eigenvalue weighted by Gasteiger charge is -2.26. The van der Waals surface area contributed by atoms with Crippen LogP contribution in [0.2, 0.25) is 0 Å². The summed E-state index contributed by atoms with van der Waals surface area (Å²) in [4.78, 5) is 2.07. The Morgan fingerprint density at radius 1 is 1.21 bits per heavy atom. The number of nitrogens with one attached hydrogen (secondary N) is 1. The molecular formula is C23H38N2O4. The highest BCUT2D eigenvalue weighted by molar-refractivity contribution is 5.43. The molecule has 1 rings (SSSR count). The third kappa shape index (κ3) is 9.00. The highest BCUT2D eigenvalue weighted by Gasteiger charge is 2.23. The summed E-state index contributed by atoms with van der Waals surface area (Å²) >= 11 is 0. The van der Waals surface area contributed by atoms with Crippen LogP contribution in [0.1, 0.15) is 32.3 Å². The Bertz CT molecular complexity index is 623. The van der Waals surface area contributed by atoms with Crippen molar-refractivity contribution in [3.63, 3.8) is 0 Å². The maximum atomic E-state index is 10.6. The van der Waals surface area contributed by atoms with E-state index < -0.39 is 11.7 Å². The van der Waals surface area contributed by atoms with Crippen molar-refractivity contribution in [3.05, 3.63) is 49.1 Å². The summed E-state index contributed by atoms with van der Waals surface area (Å²) in [6.07, 6.45) is 3.82. The van der Waals surface area contributed by atoms with Gasteiger partial charge in [0.1, 0.15) is 12.7 Å². The van der Waals surface area contributed by atoms with Crippen molar-refractivity contribution in [2.24, 2.45) is 0 Å². The Morgan fingerprint density at radius 2 is 1.86 bits per heavy atom. The lowest BCUT2D eigenvalue weighted by Crippen LogP contribution is -2.39. The van der Waals surface area contributed by atoms with Gasteiger partial charge in [-0.3, -0.25) is 0 Å². The van der Waals surface area contributed by atoms with Crippen molar-refractivity contribution in [1.82, 2.24) is 10.2 Å². The minimum Gasteiger partial charge on any atom is -0.493 e. The van der Waals surface area contributed by atoms with Crippen LogP contribution in [-0.2, 0) is 6.54 Å². The highest BCUT2D eigenvalue weighted by Crippen LogP contribution is 2.28. The van der Waals surface area contributed by atoms with E-state index in [1.807, 2.05) is 25.2 Å². The standard InChI is InChI=1S/C23H38N2O4/c1-7-11-23(27,12-8-2)17-24-14-19-9-10-21(28-6)22(13-19)29-16-20(26)15-25(5)18(3)4/h7-10,13,18,20,24,26-27H,1-2,11-12,14-17H2,3-6H3. The summed E-state index contributed by atoms with van der Waals surface area (Å²) < 4.78 is 11.2. The molecule has 164 valence electrons. The van der Waals surface area contributed by atoms with Crippen molar-refractivity contribution >= 4 is 0 Å². The number of rotatable bonds is 15. The molecule has 0 aliphatic heterocycles. The minimum absolute atomic E-state index is 0.183. The van der Waals surface area contributed by atoms with Gasteiger partial charge in [-0.15, -0.1) is 13.2 Å². The van der Waals surface area contributed by atoms with Crippen LogP contribution in [0, 0.1) is 0 Å². The zero-order valence-electron chi connectivity index (χ0n) is 18.4. The molecular weight excluding hydrogens is 368 g/mol. The third-order valence-corrected chi connectivity index (χ3v) is 4.87. The Morgan fingerprint density at radius 3 is 2.41 bits per heavy atom. The number of nitrogens with zero attached hydrogens (tertiary/aromatic N) is 1. The van der Waals surface area contributed by atoms with Gasteiger partial charge in [-0.05, 0) is 51.4 Å². The summed E-state index contributed by atoms with van der Waals surface area (Å²) in [6, 6.07) is 6.04. The van der Waals surface area contributed by atoms with E-state index >= 15 is 0 Å². The van der Waals surface area contributed by atoms with Crippen LogP contribution in [0.5, 0.6) is 11.5 Å². The van der Waals surface area contributed by atoms with Crippen molar-refractivity contribution in [2.75, 3.05) is 33.9 Å². The predicted molar refractivity (Wildman–Crippen MR) is 119 cm³/mol. The maximum absolute atomic E-state index is 10.6. The van der Waals surface area contributed by atoms with Crippen LogP contribution in [-0.4, -0.2) is 66.7 Å². The number of methoxy groups -OCH3 is 1. The van der Waals surface area contributed by atoms with Crippen molar-refractivity contribution in [3.8, 4) is 11.5 Å². The van der Waals surface area contributed by atoms with E-state index in [1.165, 1.54) is 0 Å². The minimum atomic E-state index is -0.887. The van der Waals surface area contributed by atoms with E-state index in [0.717, 1.165) is 5.56 Å². The molecule has 0 aromatic heterocycles. The van der Waals surface area contributed by atoms with Crippen LogP contribution < -0.4 is 14.8 Å². The van der Waals surface area contributed by atoms with Crippen LogP contribution in [0.15, 0.2) is 43.5 Å². The van der Waals surface area contributed by atoms with E-state index in [9.17, 15) is 10.2 Å². The summed E-state index contributed by atoms with van der Waals surface area (Å²) in [6.45, 7) is 13.3. The first-order valence-electron chi connectivity index (χ1n) is 10.1. The van der Waals surface area contributed by atoms with Gasteiger partial charge in [0.05, 0.1) is 12.7 Å². The monoisotopic (exact) mass is 406 g/mol. The second-order valence-electron chi connectivity index (χ2n) is 7.80. The fourth-order valence-corrected chi connectivity index (χ4v) is 2.93. The quantitative estimate of drug-likeness (QED) is 0.389. The average molecular weight is 407 g/mol. The molecule has 0 fully saturated rings. The van der Waals surface area contributed by atoms with Gasteiger partial charge in [0.2, 0.25) is 0 Å². The SMILES string of the molecule is C=CCC(O)(CC=C)CNCc1ccc(OC)c(OCC(O)CN(C)C(C)C)c1. The van der Waals surface area contributed by atoms with Gasteiger partial charge in [-0.1, -0.05) is 18.2 Å². The molecule has 0 saturated carbocycles. The van der Waals surface area contributed by atoms with Gasteiger partial charge in [-0.25, -0.2) is 0 Å². The van der Waals surface area contributed by atoms with Gasteiger partial charge in [0, 0.05) is 25.7 Å². The molecule has 0 heterocycles. The Balaban J connectivity index is 2.68. The number of aliphatic hydroxyl groups excluding tert-OH is 1. The molecule has 0 aliphatic carbocycles. The molecule has 0 spiro atoms. The highest BCUT2D eigenvalue weighted by atomic mass is 16.5. The molecule has 0 bridgehead atoms. The molecule has 0 saturated heterocycles. The molecule has 6 nitrogen and oxygen atoms in total. The topological polar surface area (TPSA) is 74.2 Å². The van der Waals surface area contributed by atoms with E-state index in [4.69, 9.17) is 9.47 Å². The second kappa shape index (κ2) is 12.6. The molecule has 0 aliphatic rings. The first kappa shape index (κ1) is 25.2. The van der Waals surface area contributed by atoms with Crippen LogP contribution >= 0.6 is 0 Å². The second-order valence-corrected chi connectivity index (χ2v) is 7.80. The molecule has 1 aromatic rings. The first-order valence-corrected chi connectivity index (χ1v) is 10.1. The molecule has 1 aromatic carbocycles. The number of aliphatic hydroxyl groups is 2. The number of hydrogen-bond donors (Lipinski definition) is 3. The number of hydrogen-bond acceptors (Lipinski definition) is 6.